The zero-order chi connectivity index (χ0) is 25.5. The number of esters is 1. The summed E-state index contributed by atoms with van der Waals surface area (Å²) >= 11 is 6.18. The highest BCUT2D eigenvalue weighted by atomic mass is 35.5. The van der Waals surface area contributed by atoms with E-state index in [-0.39, 0.29) is 30.7 Å². The molecule has 36 heavy (non-hydrogen) atoms. The summed E-state index contributed by atoms with van der Waals surface area (Å²) in [4.78, 5) is 25.0. The van der Waals surface area contributed by atoms with Crippen LogP contribution in [0.15, 0.2) is 60.7 Å². The number of aryl methyl sites for hydroxylation is 2. The SMILES string of the molecule is COc1cc(C(=O)OCC(=O)N[C@@H](C)c2ccc3c(c2)CCCC3)ccc1OCc1ccccc1Cl. The molecular formula is C29H30ClNO5. The normalized spacial score (nSPS) is 13.3. The topological polar surface area (TPSA) is 73.9 Å². The Balaban J connectivity index is 1.30. The Bertz CT molecular complexity index is 1240. The summed E-state index contributed by atoms with van der Waals surface area (Å²) in [5.41, 5.74) is 4.90. The molecule has 0 aliphatic heterocycles. The third kappa shape index (κ3) is 6.38. The molecule has 0 spiro atoms. The number of hydrogen-bond donors (Lipinski definition) is 1. The van der Waals surface area contributed by atoms with Gasteiger partial charge in [-0.1, -0.05) is 48.0 Å². The zero-order valence-corrected chi connectivity index (χ0v) is 21.3. The Labute approximate surface area is 216 Å². The minimum atomic E-state index is -0.623. The second kappa shape index (κ2) is 12.0. The number of hydrogen-bond acceptors (Lipinski definition) is 5. The van der Waals surface area contributed by atoms with E-state index in [1.54, 1.807) is 18.2 Å². The van der Waals surface area contributed by atoms with Crippen LogP contribution in [0, 0.1) is 0 Å². The molecule has 0 saturated carbocycles. The van der Waals surface area contributed by atoms with E-state index in [1.165, 1.54) is 37.1 Å². The van der Waals surface area contributed by atoms with E-state index >= 15 is 0 Å². The maximum absolute atomic E-state index is 12.6. The van der Waals surface area contributed by atoms with E-state index in [0.29, 0.717) is 16.5 Å². The van der Waals surface area contributed by atoms with Crippen LogP contribution in [0.25, 0.3) is 0 Å². The molecule has 7 heteroatoms. The van der Waals surface area contributed by atoms with Gasteiger partial charge in [-0.25, -0.2) is 4.79 Å². The molecule has 0 heterocycles. The van der Waals surface area contributed by atoms with Gasteiger partial charge in [0.2, 0.25) is 0 Å². The van der Waals surface area contributed by atoms with Crippen LogP contribution in [-0.4, -0.2) is 25.6 Å². The van der Waals surface area contributed by atoms with E-state index in [9.17, 15) is 9.59 Å². The van der Waals surface area contributed by atoms with E-state index in [1.807, 2.05) is 25.1 Å². The lowest BCUT2D eigenvalue weighted by Gasteiger charge is -2.20. The van der Waals surface area contributed by atoms with Crippen LogP contribution in [0.5, 0.6) is 11.5 Å². The van der Waals surface area contributed by atoms with Crippen molar-refractivity contribution in [2.45, 2.75) is 45.3 Å². The molecule has 1 aliphatic carbocycles. The van der Waals surface area contributed by atoms with E-state index in [2.05, 4.69) is 23.5 Å². The molecule has 0 radical (unpaired) electrons. The molecule has 4 rings (SSSR count). The summed E-state index contributed by atoms with van der Waals surface area (Å²) in [5, 5.41) is 3.51. The van der Waals surface area contributed by atoms with Crippen molar-refractivity contribution in [1.82, 2.24) is 5.32 Å². The molecule has 188 valence electrons. The van der Waals surface area contributed by atoms with E-state index in [0.717, 1.165) is 24.0 Å². The second-order valence-corrected chi connectivity index (χ2v) is 9.25. The number of methoxy groups -OCH3 is 1. The predicted octanol–water partition coefficient (Wildman–Crippen LogP) is 5.84. The molecule has 1 atom stereocenters. The average Bonchev–Trinajstić information content (AvgIpc) is 2.90. The van der Waals surface area contributed by atoms with Crippen LogP contribution in [0.1, 0.15) is 58.4 Å². The molecule has 0 aromatic heterocycles. The number of ether oxygens (including phenoxy) is 3. The molecule has 3 aromatic rings. The maximum atomic E-state index is 12.6. The van der Waals surface area contributed by atoms with Crippen molar-refractivity contribution in [2.75, 3.05) is 13.7 Å². The molecule has 0 saturated heterocycles. The van der Waals surface area contributed by atoms with Crippen molar-refractivity contribution in [2.24, 2.45) is 0 Å². The first-order valence-corrected chi connectivity index (χ1v) is 12.4. The lowest BCUT2D eigenvalue weighted by atomic mass is 9.89. The summed E-state index contributed by atoms with van der Waals surface area (Å²) in [5.74, 6) is -0.143. The summed E-state index contributed by atoms with van der Waals surface area (Å²) in [7, 11) is 1.49. The maximum Gasteiger partial charge on any atom is 0.338 e. The first-order chi connectivity index (χ1) is 17.4. The Morgan fingerprint density at radius 2 is 1.75 bits per heavy atom. The number of halogens is 1. The monoisotopic (exact) mass is 507 g/mol. The second-order valence-electron chi connectivity index (χ2n) is 8.85. The minimum Gasteiger partial charge on any atom is -0.493 e. The molecule has 1 N–H and O–H groups in total. The van der Waals surface area contributed by atoms with Crippen molar-refractivity contribution < 1.29 is 23.8 Å². The number of benzene rings is 3. The molecule has 0 bridgehead atoms. The molecule has 1 aliphatic rings. The molecule has 3 aromatic carbocycles. The van der Waals surface area contributed by atoms with Gasteiger partial charge in [-0.2, -0.15) is 0 Å². The summed E-state index contributed by atoms with van der Waals surface area (Å²) in [6.07, 6.45) is 4.63. The quantitative estimate of drug-likeness (QED) is 0.368. The van der Waals surface area contributed by atoms with Gasteiger partial charge >= 0.3 is 5.97 Å². The fourth-order valence-electron chi connectivity index (χ4n) is 4.29. The van der Waals surface area contributed by atoms with Crippen LogP contribution in [0.4, 0.5) is 0 Å². The average molecular weight is 508 g/mol. The van der Waals surface area contributed by atoms with Gasteiger partial charge in [0, 0.05) is 10.6 Å². The van der Waals surface area contributed by atoms with Crippen molar-refractivity contribution in [3.8, 4) is 11.5 Å². The Morgan fingerprint density at radius 3 is 2.53 bits per heavy atom. The van der Waals surface area contributed by atoms with Gasteiger partial charge in [0.05, 0.1) is 18.7 Å². The first-order valence-electron chi connectivity index (χ1n) is 12.1. The van der Waals surface area contributed by atoms with Gasteiger partial charge in [0.15, 0.2) is 18.1 Å². The molecule has 6 nitrogen and oxygen atoms in total. The Morgan fingerprint density at radius 1 is 0.972 bits per heavy atom. The molecular weight excluding hydrogens is 478 g/mol. The largest absolute Gasteiger partial charge is 0.493 e. The van der Waals surface area contributed by atoms with Crippen molar-refractivity contribution >= 4 is 23.5 Å². The third-order valence-electron chi connectivity index (χ3n) is 6.32. The molecule has 1 amide bonds. The minimum absolute atomic E-state index is 0.182. The summed E-state index contributed by atoms with van der Waals surface area (Å²) in [6, 6.07) is 18.3. The number of amides is 1. The number of rotatable bonds is 9. The molecule has 0 fully saturated rings. The van der Waals surface area contributed by atoms with Gasteiger partial charge in [-0.05, 0) is 73.6 Å². The first kappa shape index (κ1) is 25.6. The number of fused-ring (bicyclic) bond motifs is 1. The highest BCUT2D eigenvalue weighted by Gasteiger charge is 2.17. The highest BCUT2D eigenvalue weighted by Crippen LogP contribution is 2.30. The van der Waals surface area contributed by atoms with Gasteiger partial charge in [-0.3, -0.25) is 4.79 Å². The van der Waals surface area contributed by atoms with Crippen LogP contribution < -0.4 is 14.8 Å². The summed E-state index contributed by atoms with van der Waals surface area (Å²) < 4.78 is 16.4. The fraction of sp³-hybridized carbons (Fsp3) is 0.310. The Kier molecular flexibility index (Phi) is 8.49. The number of nitrogens with one attached hydrogen (secondary N) is 1. The van der Waals surface area contributed by atoms with Crippen molar-refractivity contribution in [1.29, 1.82) is 0 Å². The lowest BCUT2D eigenvalue weighted by molar-refractivity contribution is -0.124. The highest BCUT2D eigenvalue weighted by molar-refractivity contribution is 6.31. The molecule has 0 unspecified atom stereocenters. The van der Waals surface area contributed by atoms with Crippen LogP contribution in [-0.2, 0) is 29.0 Å². The van der Waals surface area contributed by atoms with E-state index in [4.69, 9.17) is 25.8 Å². The van der Waals surface area contributed by atoms with Gasteiger partial charge in [-0.15, -0.1) is 0 Å². The zero-order valence-electron chi connectivity index (χ0n) is 20.5. The number of carbonyl (C=O) groups is 2. The van der Waals surface area contributed by atoms with Crippen LogP contribution in [0.2, 0.25) is 5.02 Å². The summed E-state index contributed by atoms with van der Waals surface area (Å²) in [6.45, 7) is 1.81. The van der Waals surface area contributed by atoms with E-state index < -0.39 is 5.97 Å². The predicted molar refractivity (Wildman–Crippen MR) is 139 cm³/mol. The van der Waals surface area contributed by atoms with Crippen LogP contribution in [0.3, 0.4) is 0 Å². The van der Waals surface area contributed by atoms with Gasteiger partial charge in [0.1, 0.15) is 6.61 Å². The smallest absolute Gasteiger partial charge is 0.338 e. The lowest BCUT2D eigenvalue weighted by Crippen LogP contribution is -2.31. The standard InChI is InChI=1S/C29H30ClNO5/c1-19(21-12-11-20-7-3-4-8-22(20)15-21)31-28(32)18-36-29(33)23-13-14-26(27(16-23)34-2)35-17-24-9-5-6-10-25(24)30/h5-6,9-16,19H,3-4,7-8,17-18H2,1-2H3,(H,31,32)/t19-/m0/s1. The van der Waals surface area contributed by atoms with Gasteiger partial charge in [0.25, 0.3) is 5.91 Å². The van der Waals surface area contributed by atoms with Gasteiger partial charge < -0.3 is 19.5 Å². The third-order valence-corrected chi connectivity index (χ3v) is 6.69. The van der Waals surface area contributed by atoms with Crippen molar-refractivity contribution in [3.63, 3.8) is 0 Å². The Hall–Kier alpha value is -3.51. The number of carbonyl (C=O) groups excluding carboxylic acids is 2. The fourth-order valence-corrected chi connectivity index (χ4v) is 4.48. The van der Waals surface area contributed by atoms with Crippen LogP contribution >= 0.6 is 11.6 Å². The van der Waals surface area contributed by atoms with Crippen molar-refractivity contribution in [3.05, 3.63) is 93.5 Å².